The van der Waals surface area contributed by atoms with E-state index in [-0.39, 0.29) is 11.5 Å². The smallest absolute Gasteiger partial charge is 0.327 e. The maximum absolute atomic E-state index is 12.5. The number of cyclic esters (lactones) is 1. The molecule has 2 aliphatic heterocycles. The molecule has 1 spiro atoms. The fourth-order valence-corrected chi connectivity index (χ4v) is 3.95. The van der Waals surface area contributed by atoms with Crippen LogP contribution >= 0.6 is 0 Å². The molecule has 4 rings (SSSR count). The van der Waals surface area contributed by atoms with Crippen LogP contribution in [0.2, 0.25) is 0 Å². The fourth-order valence-electron chi connectivity index (χ4n) is 3.95. The summed E-state index contributed by atoms with van der Waals surface area (Å²) in [6.07, 6.45) is 1.85. The van der Waals surface area contributed by atoms with Crippen molar-refractivity contribution >= 4 is 5.97 Å². The molecular formula is C17H16N2O5. The van der Waals surface area contributed by atoms with Crippen LogP contribution in [0.3, 0.4) is 0 Å². The van der Waals surface area contributed by atoms with Gasteiger partial charge in [-0.2, -0.15) is 0 Å². The fraction of sp³-hybridized carbons (Fsp3) is 0.353. The molecule has 1 N–H and O–H groups in total. The monoisotopic (exact) mass is 328 g/mol. The van der Waals surface area contributed by atoms with Crippen molar-refractivity contribution in [2.75, 3.05) is 6.61 Å². The van der Waals surface area contributed by atoms with E-state index in [1.54, 1.807) is 12.1 Å². The zero-order valence-corrected chi connectivity index (χ0v) is 12.8. The predicted octanol–water partition coefficient (Wildman–Crippen LogP) is 2.04. The van der Waals surface area contributed by atoms with Crippen molar-refractivity contribution in [2.24, 2.45) is 0 Å². The molecule has 1 aromatic carbocycles. The summed E-state index contributed by atoms with van der Waals surface area (Å²) >= 11 is 0. The SMILES string of the molecule is O=C1OCC[C@]12N[C@H](c1ccccc1)[C@H]([N+](=O)[O-])[C@H]2c1ccco1. The number of carbonyl (C=O) groups is 1. The number of rotatable bonds is 3. The third kappa shape index (κ3) is 2.05. The summed E-state index contributed by atoms with van der Waals surface area (Å²) in [6, 6.07) is 10.9. The summed E-state index contributed by atoms with van der Waals surface area (Å²) in [5.74, 6) is -0.738. The molecule has 24 heavy (non-hydrogen) atoms. The quantitative estimate of drug-likeness (QED) is 0.526. The Labute approximate surface area is 137 Å². The molecule has 0 aliphatic carbocycles. The van der Waals surface area contributed by atoms with Crippen molar-refractivity contribution in [1.82, 2.24) is 5.32 Å². The van der Waals surface area contributed by atoms with E-state index in [2.05, 4.69) is 5.32 Å². The molecule has 2 saturated heterocycles. The second-order valence-electron chi connectivity index (χ2n) is 6.16. The van der Waals surface area contributed by atoms with Crippen molar-refractivity contribution in [1.29, 1.82) is 0 Å². The molecule has 7 heteroatoms. The van der Waals surface area contributed by atoms with Crippen molar-refractivity contribution in [3.63, 3.8) is 0 Å². The van der Waals surface area contributed by atoms with Crippen LogP contribution in [-0.4, -0.2) is 29.1 Å². The van der Waals surface area contributed by atoms with Gasteiger partial charge < -0.3 is 9.15 Å². The Morgan fingerprint density at radius 1 is 1.21 bits per heavy atom. The molecule has 0 bridgehead atoms. The number of nitro groups is 1. The van der Waals surface area contributed by atoms with Gasteiger partial charge in [-0.3, -0.25) is 20.2 Å². The van der Waals surface area contributed by atoms with Gasteiger partial charge in [0, 0.05) is 11.3 Å². The molecule has 2 aliphatic rings. The summed E-state index contributed by atoms with van der Waals surface area (Å²) in [5, 5.41) is 15.1. The lowest BCUT2D eigenvalue weighted by Gasteiger charge is -2.24. The van der Waals surface area contributed by atoms with Gasteiger partial charge >= 0.3 is 5.97 Å². The minimum Gasteiger partial charge on any atom is -0.469 e. The molecule has 7 nitrogen and oxygen atoms in total. The van der Waals surface area contributed by atoms with E-state index in [0.29, 0.717) is 12.2 Å². The van der Waals surface area contributed by atoms with Crippen molar-refractivity contribution in [3.05, 3.63) is 70.2 Å². The number of hydrogen-bond donors (Lipinski definition) is 1. The predicted molar refractivity (Wildman–Crippen MR) is 82.9 cm³/mol. The second kappa shape index (κ2) is 5.45. The highest BCUT2D eigenvalue weighted by Gasteiger charge is 2.67. The minimum atomic E-state index is -1.13. The van der Waals surface area contributed by atoms with E-state index in [1.165, 1.54) is 6.26 Å². The molecule has 124 valence electrons. The largest absolute Gasteiger partial charge is 0.469 e. The lowest BCUT2D eigenvalue weighted by atomic mass is 9.79. The van der Waals surface area contributed by atoms with Crippen LogP contribution in [0.25, 0.3) is 0 Å². The summed E-state index contributed by atoms with van der Waals surface area (Å²) in [7, 11) is 0. The van der Waals surface area contributed by atoms with Crippen LogP contribution in [0.5, 0.6) is 0 Å². The van der Waals surface area contributed by atoms with E-state index in [0.717, 1.165) is 5.56 Å². The number of furan rings is 1. The summed E-state index contributed by atoms with van der Waals surface area (Å²) in [6.45, 7) is 0.245. The Balaban J connectivity index is 1.86. The first-order chi connectivity index (χ1) is 11.6. The average molecular weight is 328 g/mol. The van der Waals surface area contributed by atoms with Gasteiger partial charge in [-0.05, 0) is 17.7 Å². The molecule has 4 atom stereocenters. The molecular weight excluding hydrogens is 312 g/mol. The van der Waals surface area contributed by atoms with E-state index < -0.39 is 29.5 Å². The summed E-state index contributed by atoms with van der Waals surface area (Å²) in [5.41, 5.74) is -0.358. The van der Waals surface area contributed by atoms with Gasteiger partial charge in [-0.1, -0.05) is 30.3 Å². The number of esters is 1. The van der Waals surface area contributed by atoms with Gasteiger partial charge in [0.2, 0.25) is 6.04 Å². The lowest BCUT2D eigenvalue weighted by molar-refractivity contribution is -0.528. The number of nitrogens with one attached hydrogen (secondary N) is 1. The van der Waals surface area contributed by atoms with Crippen LogP contribution in [-0.2, 0) is 9.53 Å². The van der Waals surface area contributed by atoms with Crippen molar-refractivity contribution < 1.29 is 18.9 Å². The van der Waals surface area contributed by atoms with Gasteiger partial charge in [0.1, 0.15) is 23.3 Å². The first kappa shape index (κ1) is 14.9. The lowest BCUT2D eigenvalue weighted by Crippen LogP contribution is -2.49. The Bertz CT molecular complexity index is 761. The number of nitrogens with zero attached hydrogens (tertiary/aromatic N) is 1. The van der Waals surface area contributed by atoms with E-state index in [4.69, 9.17) is 9.15 Å². The first-order valence-electron chi connectivity index (χ1n) is 7.80. The van der Waals surface area contributed by atoms with Crippen molar-refractivity contribution in [3.8, 4) is 0 Å². The zero-order chi connectivity index (χ0) is 16.7. The van der Waals surface area contributed by atoms with E-state index in [1.807, 2.05) is 30.3 Å². The van der Waals surface area contributed by atoms with Crippen LogP contribution in [0.4, 0.5) is 0 Å². The standard InChI is InChI=1S/C17H16N2O5/c20-16-17(8-10-24-16)13(12-7-4-9-23-12)15(19(21)22)14(18-17)11-5-2-1-3-6-11/h1-7,9,13-15,18H,8,10H2/t13-,14-,15-,17-/m1/s1. The van der Waals surface area contributed by atoms with Crippen LogP contribution < -0.4 is 5.32 Å². The highest BCUT2D eigenvalue weighted by Crippen LogP contribution is 2.49. The molecule has 0 radical (unpaired) electrons. The Hall–Kier alpha value is -2.67. The van der Waals surface area contributed by atoms with Gasteiger partial charge in [0.05, 0.1) is 12.9 Å². The molecule has 0 unspecified atom stereocenters. The topological polar surface area (TPSA) is 94.6 Å². The first-order valence-corrected chi connectivity index (χ1v) is 7.80. The molecule has 2 aromatic rings. The molecule has 0 saturated carbocycles. The Morgan fingerprint density at radius 2 is 2.00 bits per heavy atom. The van der Waals surface area contributed by atoms with Gasteiger partial charge in [0.25, 0.3) is 0 Å². The van der Waals surface area contributed by atoms with Crippen LogP contribution in [0, 0.1) is 10.1 Å². The molecule has 0 amide bonds. The van der Waals surface area contributed by atoms with E-state index >= 15 is 0 Å². The number of benzene rings is 1. The van der Waals surface area contributed by atoms with Crippen molar-refractivity contribution in [2.45, 2.75) is 30.0 Å². The third-order valence-electron chi connectivity index (χ3n) is 4.97. The normalized spacial score (nSPS) is 32.2. The number of hydrogen-bond acceptors (Lipinski definition) is 6. The van der Waals surface area contributed by atoms with E-state index in [9.17, 15) is 14.9 Å². The van der Waals surface area contributed by atoms with Gasteiger partial charge in [0.15, 0.2) is 0 Å². The number of ether oxygens (including phenoxy) is 1. The minimum absolute atomic E-state index is 0.245. The highest BCUT2D eigenvalue weighted by molar-refractivity contribution is 5.85. The average Bonchev–Trinajstić information content (AvgIpc) is 3.29. The zero-order valence-electron chi connectivity index (χ0n) is 12.8. The molecule has 3 heterocycles. The van der Waals surface area contributed by atoms with Crippen LogP contribution in [0.15, 0.2) is 53.1 Å². The Morgan fingerprint density at radius 3 is 2.58 bits per heavy atom. The summed E-state index contributed by atoms with van der Waals surface area (Å²) in [4.78, 5) is 24.1. The number of carbonyl (C=O) groups excluding carboxylic acids is 1. The highest BCUT2D eigenvalue weighted by atomic mass is 16.6. The molecule has 1 aromatic heterocycles. The van der Waals surface area contributed by atoms with Crippen LogP contribution in [0.1, 0.15) is 29.7 Å². The van der Waals surface area contributed by atoms with Gasteiger partial charge in [-0.25, -0.2) is 0 Å². The second-order valence-corrected chi connectivity index (χ2v) is 6.16. The summed E-state index contributed by atoms with van der Waals surface area (Å²) < 4.78 is 10.6. The Kier molecular flexibility index (Phi) is 3.38. The maximum Gasteiger partial charge on any atom is 0.327 e. The maximum atomic E-state index is 12.5. The third-order valence-corrected chi connectivity index (χ3v) is 4.97. The van der Waals surface area contributed by atoms with Gasteiger partial charge in [-0.15, -0.1) is 0 Å². The molecule has 2 fully saturated rings.